The fourth-order valence-electron chi connectivity index (χ4n) is 4.37. The second-order valence-electron chi connectivity index (χ2n) is 11.9. The van der Waals surface area contributed by atoms with Gasteiger partial charge in [0.2, 0.25) is 0 Å². The van der Waals surface area contributed by atoms with E-state index in [0.29, 0.717) is 34.5 Å². The molecule has 0 aliphatic heterocycles. The van der Waals surface area contributed by atoms with E-state index in [-0.39, 0.29) is 19.5 Å². The van der Waals surface area contributed by atoms with Crippen molar-refractivity contribution in [2.45, 2.75) is 31.2 Å². The van der Waals surface area contributed by atoms with Crippen LogP contribution in [0.1, 0.15) is 25.7 Å². The van der Waals surface area contributed by atoms with Gasteiger partial charge in [0.25, 0.3) is 0 Å². The summed E-state index contributed by atoms with van der Waals surface area (Å²) in [6.07, 6.45) is 14.0. The molecule has 7 rings (SSSR count). The van der Waals surface area contributed by atoms with Crippen LogP contribution in [0.4, 0.5) is 13.2 Å². The molecule has 0 aromatic heterocycles. The Morgan fingerprint density at radius 1 is 0.377 bits per heavy atom. The number of benzene rings is 6. The van der Waals surface area contributed by atoms with Crippen molar-refractivity contribution < 1.29 is 72.8 Å². The van der Waals surface area contributed by atoms with Gasteiger partial charge < -0.3 is 31.7 Å². The molecule has 1 aliphatic rings. The monoisotopic (exact) mass is 980 g/mol. The third kappa shape index (κ3) is 21.7. The van der Waals surface area contributed by atoms with Crippen LogP contribution < -0.4 is 27.1 Å². The molecule has 0 fully saturated rings. The van der Waals surface area contributed by atoms with Crippen LogP contribution in [-0.4, -0.2) is 18.5 Å². The van der Waals surface area contributed by atoms with Crippen molar-refractivity contribution in [1.82, 2.24) is 0 Å². The summed E-state index contributed by atoms with van der Waals surface area (Å²) in [7, 11) is -9.27. The number of hydrogen-bond acceptors (Lipinski definition) is 9. The summed E-state index contributed by atoms with van der Waals surface area (Å²) in [6, 6.07) is 57.0. The first-order valence-electron chi connectivity index (χ1n) is 18.4. The molecule has 0 amide bonds. The third-order valence-electron chi connectivity index (χ3n) is 7.16. The quantitative estimate of drug-likeness (QED) is 0.0389. The van der Waals surface area contributed by atoms with Crippen LogP contribution >= 0.6 is 17.2 Å². The van der Waals surface area contributed by atoms with Crippen LogP contribution in [0.5, 0.6) is 34.5 Å². The number of allylic oxidation sites excluding steroid dienone is 4. The van der Waals surface area contributed by atoms with Crippen molar-refractivity contribution in [3.05, 3.63) is 206 Å². The SMILES string of the molecule is C1=C\CC/C=C\CC/1.O=S(=O)([O-])C(F)(F)F.[Rh].c1ccc(OP(Oc2ccccc2)Oc2ccccc2)cc1.c1ccc(OP(Oc2ccccc2)Oc2ccccc2)cc1. The second kappa shape index (κ2) is 28.3. The topological polar surface area (TPSA) is 113 Å². The molecule has 1 aliphatic carbocycles. The number of hydrogen-bond donors (Lipinski definition) is 0. The van der Waals surface area contributed by atoms with Gasteiger partial charge in [-0.2, -0.15) is 13.2 Å². The van der Waals surface area contributed by atoms with Crippen molar-refractivity contribution in [2.24, 2.45) is 0 Å². The fraction of sp³-hybridized carbons (Fsp3) is 0.111. The van der Waals surface area contributed by atoms with Crippen molar-refractivity contribution >= 4 is 27.3 Å². The van der Waals surface area contributed by atoms with E-state index in [1.54, 1.807) is 0 Å². The molecule has 0 atom stereocenters. The minimum atomic E-state index is -6.09. The van der Waals surface area contributed by atoms with Gasteiger partial charge >= 0.3 is 22.7 Å². The zero-order valence-corrected chi connectivity index (χ0v) is 36.6. The van der Waals surface area contributed by atoms with Gasteiger partial charge in [0.1, 0.15) is 34.5 Å². The summed E-state index contributed by atoms with van der Waals surface area (Å²) in [4.78, 5) is 0. The molecule has 61 heavy (non-hydrogen) atoms. The van der Waals surface area contributed by atoms with Gasteiger partial charge in [-0.3, -0.25) is 0 Å². The van der Waals surface area contributed by atoms with Crippen LogP contribution in [0, 0.1) is 0 Å². The normalized spacial score (nSPS) is 12.9. The average Bonchev–Trinajstić information content (AvgIpc) is 3.23. The molecular weight excluding hydrogens is 938 g/mol. The summed E-state index contributed by atoms with van der Waals surface area (Å²) in [5, 5.41) is 0. The molecule has 323 valence electrons. The van der Waals surface area contributed by atoms with Gasteiger partial charge in [-0.1, -0.05) is 133 Å². The average molecular weight is 981 g/mol. The Hall–Kier alpha value is -5.22. The van der Waals surface area contributed by atoms with E-state index in [4.69, 9.17) is 40.1 Å². The smallest absolute Gasteiger partial charge is 0.530 e. The second-order valence-corrected chi connectivity index (χ2v) is 15.2. The Balaban J connectivity index is 0.000000238. The first-order valence-corrected chi connectivity index (χ1v) is 22.0. The zero-order valence-electron chi connectivity index (χ0n) is 32.4. The van der Waals surface area contributed by atoms with Crippen LogP contribution in [0.25, 0.3) is 0 Å². The summed E-state index contributed by atoms with van der Waals surface area (Å²) in [6.45, 7) is 0. The number of rotatable bonds is 12. The van der Waals surface area contributed by atoms with Crippen LogP contribution in [-0.2, 0) is 29.6 Å². The summed E-state index contributed by atoms with van der Waals surface area (Å²) >= 11 is 0. The molecule has 16 heteroatoms. The minimum Gasteiger partial charge on any atom is -0.741 e. The van der Waals surface area contributed by atoms with E-state index in [9.17, 15) is 13.2 Å². The Kier molecular flexibility index (Phi) is 23.3. The minimum absolute atomic E-state index is 0. The van der Waals surface area contributed by atoms with Gasteiger partial charge in [0.05, 0.1) is 0 Å². The molecule has 0 unspecified atom stereocenters. The van der Waals surface area contributed by atoms with Crippen LogP contribution in [0.2, 0.25) is 0 Å². The third-order valence-corrected chi connectivity index (χ3v) is 9.88. The van der Waals surface area contributed by atoms with E-state index in [0.717, 1.165) is 0 Å². The molecule has 0 N–H and O–H groups in total. The molecule has 9 nitrogen and oxygen atoms in total. The molecule has 0 saturated heterocycles. The van der Waals surface area contributed by atoms with Crippen molar-refractivity contribution in [3.8, 4) is 34.5 Å². The van der Waals surface area contributed by atoms with E-state index >= 15 is 0 Å². The molecule has 0 heterocycles. The predicted molar refractivity (Wildman–Crippen MR) is 229 cm³/mol. The maximum Gasteiger partial charge on any atom is 0.530 e. The van der Waals surface area contributed by atoms with Crippen molar-refractivity contribution in [2.75, 3.05) is 0 Å². The van der Waals surface area contributed by atoms with Crippen LogP contribution in [0.15, 0.2) is 206 Å². The Labute approximate surface area is 370 Å². The van der Waals surface area contributed by atoms with Gasteiger partial charge in [0.15, 0.2) is 10.1 Å². The standard InChI is InChI=1S/2C18H15O3P.C8H12.CHF3O3S.Rh/c2*1-4-10-16(11-5-1)19-22(20-17-12-6-2-7-13-17)21-18-14-8-3-9-15-18;1-2-4-6-8-7-5-3-1;2-1(3,4)8(5,6)7;/h2*1-15H;1-2,7-8H,3-6H2;(H,5,6,7);/p-1/b;;2-1-,8-7-;;. The maximum atomic E-state index is 10.7. The van der Waals surface area contributed by atoms with E-state index in [1.807, 2.05) is 182 Å². The first-order chi connectivity index (χ1) is 29.0. The van der Waals surface area contributed by atoms with E-state index in [2.05, 4.69) is 24.3 Å². The first kappa shape index (κ1) is 50.1. The predicted octanol–water partition coefficient (Wildman–Crippen LogP) is 13.6. The molecule has 6 aromatic carbocycles. The fourth-order valence-corrected chi connectivity index (χ4v) is 6.36. The molecular formula is C45H42F3O9P2RhS-. The van der Waals surface area contributed by atoms with Crippen molar-refractivity contribution in [3.63, 3.8) is 0 Å². The molecule has 1 radical (unpaired) electrons. The Morgan fingerprint density at radius 2 is 0.525 bits per heavy atom. The maximum absolute atomic E-state index is 10.7. The number of para-hydroxylation sites is 6. The van der Waals surface area contributed by atoms with E-state index in [1.165, 1.54) is 25.7 Å². The Bertz CT molecular complexity index is 1850. The van der Waals surface area contributed by atoms with E-state index < -0.39 is 32.8 Å². The molecule has 6 aromatic rings. The molecule has 0 spiro atoms. The molecule has 0 saturated carbocycles. The number of halogens is 3. The van der Waals surface area contributed by atoms with Gasteiger partial charge in [-0.25, -0.2) is 8.42 Å². The van der Waals surface area contributed by atoms with Gasteiger partial charge in [-0.15, -0.1) is 0 Å². The molecule has 0 bridgehead atoms. The largest absolute Gasteiger partial charge is 0.741 e. The summed E-state index contributed by atoms with van der Waals surface area (Å²) < 4.78 is 94.0. The van der Waals surface area contributed by atoms with Crippen LogP contribution in [0.3, 0.4) is 0 Å². The number of alkyl halides is 3. The Morgan fingerprint density at radius 3 is 0.656 bits per heavy atom. The summed E-state index contributed by atoms with van der Waals surface area (Å²) in [5.74, 6) is 4.25. The van der Waals surface area contributed by atoms with Crippen molar-refractivity contribution in [1.29, 1.82) is 0 Å². The van der Waals surface area contributed by atoms with Gasteiger partial charge in [0, 0.05) is 19.5 Å². The summed E-state index contributed by atoms with van der Waals surface area (Å²) in [5.41, 5.74) is -5.65. The van der Waals surface area contributed by atoms with Gasteiger partial charge in [-0.05, 0) is 98.5 Å². The zero-order chi connectivity index (χ0) is 42.7.